The predicted molar refractivity (Wildman–Crippen MR) is 120 cm³/mol. The molecule has 0 aromatic heterocycles. The van der Waals surface area contributed by atoms with E-state index in [0.29, 0.717) is 51.3 Å². The molecule has 2 saturated heterocycles. The first-order valence-electron chi connectivity index (χ1n) is 11.1. The minimum absolute atomic E-state index is 0.135. The number of ether oxygens (including phenoxy) is 3. The largest absolute Gasteiger partial charge is 0.490 e. The lowest BCUT2D eigenvalue weighted by Gasteiger charge is -2.38. The van der Waals surface area contributed by atoms with Crippen molar-refractivity contribution in [2.75, 3.05) is 44.8 Å². The summed E-state index contributed by atoms with van der Waals surface area (Å²) < 4.78 is 45.1. The Labute approximate surface area is 190 Å². The molecule has 1 spiro atoms. The highest BCUT2D eigenvalue weighted by Crippen LogP contribution is 2.39. The third-order valence-electron chi connectivity index (χ3n) is 6.23. The van der Waals surface area contributed by atoms with Gasteiger partial charge in [0.1, 0.15) is 18.0 Å². The lowest BCUT2D eigenvalue weighted by atomic mass is 9.88. The quantitative estimate of drug-likeness (QED) is 0.729. The number of carbonyl (C=O) groups excluding carboxylic acids is 1. The van der Waals surface area contributed by atoms with Crippen LogP contribution in [0.3, 0.4) is 0 Å². The number of alkyl carbamates (subject to hydrolysis) is 1. The number of benzene rings is 1. The van der Waals surface area contributed by atoms with Crippen molar-refractivity contribution in [3.05, 3.63) is 18.2 Å². The van der Waals surface area contributed by atoms with Gasteiger partial charge in [-0.2, -0.15) is 4.31 Å². The molecule has 0 saturated carbocycles. The van der Waals surface area contributed by atoms with Crippen LogP contribution >= 0.6 is 0 Å². The molecule has 0 aliphatic carbocycles. The Morgan fingerprint density at radius 2 is 1.94 bits per heavy atom. The Balaban J connectivity index is 1.37. The van der Waals surface area contributed by atoms with Gasteiger partial charge in [-0.05, 0) is 58.2 Å². The number of rotatable bonds is 3. The Morgan fingerprint density at radius 3 is 2.62 bits per heavy atom. The first-order chi connectivity index (χ1) is 15.0. The van der Waals surface area contributed by atoms with Crippen LogP contribution in [0.5, 0.6) is 5.75 Å². The van der Waals surface area contributed by atoms with Crippen LogP contribution in [0.15, 0.2) is 23.1 Å². The number of carbonyl (C=O) groups is 1. The van der Waals surface area contributed by atoms with Crippen molar-refractivity contribution in [1.82, 2.24) is 9.62 Å². The monoisotopic (exact) mass is 467 g/mol. The van der Waals surface area contributed by atoms with E-state index in [0.717, 1.165) is 12.2 Å². The molecule has 4 rings (SSSR count). The van der Waals surface area contributed by atoms with E-state index in [-0.39, 0.29) is 10.9 Å². The molecule has 1 atom stereocenters. The second kappa shape index (κ2) is 8.39. The number of amides is 1. The molecule has 1 aromatic rings. The summed E-state index contributed by atoms with van der Waals surface area (Å²) in [5, 5.41) is 2.87. The number of nitrogens with one attached hydrogen (secondary N) is 1. The number of hydrogen-bond acceptors (Lipinski definition) is 7. The zero-order chi connectivity index (χ0) is 23.1. The lowest BCUT2D eigenvalue weighted by Crippen LogP contribution is -2.47. The summed E-state index contributed by atoms with van der Waals surface area (Å²) in [5.74, 6) is 0.707. The van der Waals surface area contributed by atoms with Crippen LogP contribution in [0, 0.1) is 0 Å². The summed E-state index contributed by atoms with van der Waals surface area (Å²) in [6.07, 6.45) is 1.38. The highest BCUT2D eigenvalue weighted by Gasteiger charge is 2.45. The van der Waals surface area contributed by atoms with Gasteiger partial charge >= 0.3 is 6.09 Å². The minimum Gasteiger partial charge on any atom is -0.490 e. The summed E-state index contributed by atoms with van der Waals surface area (Å²) in [6, 6.07) is 4.91. The molecule has 0 bridgehead atoms. The number of hydrogen-bond donors (Lipinski definition) is 1. The van der Waals surface area contributed by atoms with Gasteiger partial charge in [-0.15, -0.1) is 0 Å². The molecule has 2 fully saturated rings. The normalized spacial score (nSPS) is 23.5. The zero-order valence-electron chi connectivity index (χ0n) is 19.2. The van der Waals surface area contributed by atoms with Gasteiger partial charge in [-0.1, -0.05) is 0 Å². The molecule has 1 amide bonds. The molecule has 32 heavy (non-hydrogen) atoms. The van der Waals surface area contributed by atoms with Gasteiger partial charge in [-0.3, -0.25) is 0 Å². The third-order valence-corrected chi connectivity index (χ3v) is 8.12. The molecule has 178 valence electrons. The average Bonchev–Trinajstić information content (AvgIpc) is 3.08. The van der Waals surface area contributed by atoms with E-state index in [1.807, 2.05) is 32.7 Å². The van der Waals surface area contributed by atoms with E-state index in [9.17, 15) is 13.2 Å². The maximum Gasteiger partial charge on any atom is 0.407 e. The summed E-state index contributed by atoms with van der Waals surface area (Å²) in [6.45, 7) is 7.94. The van der Waals surface area contributed by atoms with Gasteiger partial charge in [0.15, 0.2) is 0 Å². The van der Waals surface area contributed by atoms with Gasteiger partial charge in [-0.25, -0.2) is 13.2 Å². The molecule has 9 nitrogen and oxygen atoms in total. The SMILES string of the molecule is CN1CCOc2ccc(S(=O)(=O)N3CCC4(CC3)C[C@@H](NC(=O)OC(C)(C)C)CO4)cc21. The Kier molecular flexibility index (Phi) is 6.06. The lowest BCUT2D eigenvalue weighted by molar-refractivity contribution is -0.0312. The predicted octanol–water partition coefficient (Wildman–Crippen LogP) is 2.35. The van der Waals surface area contributed by atoms with Crippen LogP contribution < -0.4 is 15.0 Å². The van der Waals surface area contributed by atoms with Crippen molar-refractivity contribution >= 4 is 21.8 Å². The average molecular weight is 468 g/mol. The smallest absolute Gasteiger partial charge is 0.407 e. The van der Waals surface area contributed by atoms with Crippen LogP contribution in [0.2, 0.25) is 0 Å². The summed E-state index contributed by atoms with van der Waals surface area (Å²) in [4.78, 5) is 14.3. The van der Waals surface area contributed by atoms with Crippen LogP contribution in [-0.2, 0) is 19.5 Å². The van der Waals surface area contributed by atoms with Crippen LogP contribution in [-0.4, -0.2) is 76.0 Å². The third kappa shape index (κ3) is 4.82. The molecule has 0 radical (unpaired) electrons. The van der Waals surface area contributed by atoms with Crippen LogP contribution in [0.1, 0.15) is 40.0 Å². The van der Waals surface area contributed by atoms with E-state index in [4.69, 9.17) is 14.2 Å². The fourth-order valence-electron chi connectivity index (χ4n) is 4.53. The second-order valence-corrected chi connectivity index (χ2v) is 11.8. The Bertz CT molecular complexity index is 966. The first-order valence-corrected chi connectivity index (χ1v) is 12.5. The fraction of sp³-hybridized carbons (Fsp3) is 0.682. The van der Waals surface area contributed by atoms with Crippen LogP contribution in [0.4, 0.5) is 10.5 Å². The minimum atomic E-state index is -3.61. The van der Waals surface area contributed by atoms with E-state index in [1.165, 1.54) is 4.31 Å². The van der Waals surface area contributed by atoms with Crippen molar-refractivity contribution in [3.8, 4) is 5.75 Å². The topological polar surface area (TPSA) is 97.4 Å². The van der Waals surface area contributed by atoms with Gasteiger partial charge < -0.3 is 24.4 Å². The summed E-state index contributed by atoms with van der Waals surface area (Å²) in [5.41, 5.74) is -0.172. The number of anilines is 1. The highest BCUT2D eigenvalue weighted by atomic mass is 32.2. The van der Waals surface area contributed by atoms with E-state index in [2.05, 4.69) is 5.32 Å². The summed E-state index contributed by atoms with van der Waals surface area (Å²) >= 11 is 0. The number of nitrogens with zero attached hydrogens (tertiary/aromatic N) is 2. The molecular formula is C22H33N3O6S. The number of piperidine rings is 1. The van der Waals surface area contributed by atoms with Gasteiger partial charge in [0.05, 0.1) is 35.4 Å². The van der Waals surface area contributed by atoms with Crippen molar-refractivity contribution < 1.29 is 27.4 Å². The first kappa shape index (κ1) is 23.1. The Morgan fingerprint density at radius 1 is 1.22 bits per heavy atom. The van der Waals surface area contributed by atoms with Crippen molar-refractivity contribution in [2.24, 2.45) is 0 Å². The number of fused-ring (bicyclic) bond motifs is 1. The molecule has 3 aliphatic rings. The van der Waals surface area contributed by atoms with Crippen molar-refractivity contribution in [1.29, 1.82) is 0 Å². The zero-order valence-corrected chi connectivity index (χ0v) is 20.0. The maximum absolute atomic E-state index is 13.3. The van der Waals surface area contributed by atoms with E-state index < -0.39 is 27.3 Å². The van der Waals surface area contributed by atoms with E-state index in [1.54, 1.807) is 18.2 Å². The highest BCUT2D eigenvalue weighted by molar-refractivity contribution is 7.89. The van der Waals surface area contributed by atoms with Gasteiger partial charge in [0.25, 0.3) is 0 Å². The summed E-state index contributed by atoms with van der Waals surface area (Å²) in [7, 11) is -1.68. The van der Waals surface area contributed by atoms with Gasteiger partial charge in [0, 0.05) is 20.1 Å². The molecule has 1 aromatic carbocycles. The van der Waals surface area contributed by atoms with E-state index >= 15 is 0 Å². The second-order valence-electron chi connectivity index (χ2n) is 9.84. The molecule has 3 aliphatic heterocycles. The fourth-order valence-corrected chi connectivity index (χ4v) is 6.00. The standard InChI is InChI=1S/C22H33N3O6S/c1-21(2,3)31-20(26)23-16-14-22(30-15-16)7-9-25(10-8-22)32(27,28)17-5-6-19-18(13-17)24(4)11-12-29-19/h5-6,13,16H,7-12,14-15H2,1-4H3,(H,23,26)/t16-/m1/s1. The molecule has 1 N–H and O–H groups in total. The molecule has 3 heterocycles. The maximum atomic E-state index is 13.3. The number of sulfonamides is 1. The molecule has 0 unspecified atom stereocenters. The van der Waals surface area contributed by atoms with Gasteiger partial charge in [0.2, 0.25) is 10.0 Å². The number of likely N-dealkylation sites (N-methyl/N-ethyl adjacent to an activating group) is 1. The van der Waals surface area contributed by atoms with Crippen molar-refractivity contribution in [2.45, 2.75) is 62.2 Å². The van der Waals surface area contributed by atoms with Crippen LogP contribution in [0.25, 0.3) is 0 Å². The molecule has 10 heteroatoms. The van der Waals surface area contributed by atoms with Crippen molar-refractivity contribution in [3.63, 3.8) is 0 Å². The molecular weight excluding hydrogens is 434 g/mol. The Hall–Kier alpha value is -2.04.